The van der Waals surface area contributed by atoms with Crippen molar-refractivity contribution in [3.05, 3.63) is 231 Å². The summed E-state index contributed by atoms with van der Waals surface area (Å²) in [5, 5.41) is 10.4. The second-order valence-electron chi connectivity index (χ2n) is 14.8. The molecule has 0 radical (unpaired) electrons. The predicted molar refractivity (Wildman–Crippen MR) is 244 cm³/mol. The molecule has 0 bridgehead atoms. The zero-order valence-corrected chi connectivity index (χ0v) is 32.3. The average molecular weight is 743 g/mol. The van der Waals surface area contributed by atoms with Crippen LogP contribution < -0.4 is 20.7 Å². The van der Waals surface area contributed by atoms with Gasteiger partial charge in [0, 0.05) is 38.4 Å². The van der Waals surface area contributed by atoms with Crippen LogP contribution in [0.25, 0.3) is 66.1 Å². The number of aromatic nitrogens is 2. The van der Waals surface area contributed by atoms with Gasteiger partial charge in [-0.25, -0.2) is 0 Å². The van der Waals surface area contributed by atoms with E-state index in [1.807, 2.05) is 0 Å². The lowest BCUT2D eigenvalue weighted by Gasteiger charge is -2.34. The lowest BCUT2D eigenvalue weighted by Crippen LogP contribution is -2.74. The van der Waals surface area contributed by atoms with Gasteiger partial charge in [0.1, 0.15) is 0 Å². The largest absolute Gasteiger partial charge is 0.309 e. The van der Waals surface area contributed by atoms with Gasteiger partial charge >= 0.3 is 0 Å². The van der Waals surface area contributed by atoms with E-state index in [0.717, 1.165) is 11.4 Å². The molecule has 0 N–H and O–H groups in total. The summed E-state index contributed by atoms with van der Waals surface area (Å²) in [6, 6.07) is 85.2. The molecule has 0 amide bonds. The number of para-hydroxylation sites is 5. The molecule has 3 heteroatoms. The molecule has 2 aromatic heterocycles. The molecule has 0 fully saturated rings. The van der Waals surface area contributed by atoms with Crippen LogP contribution in [0.2, 0.25) is 0 Å². The monoisotopic (exact) mass is 742 g/mol. The standard InChI is InChI=1S/C54H38N2Si/c1-4-21-40(22-5-1)57(41-23-6-2-7-24-41,42-25-8-3-9-26-42)43-27-18-20-39(38-43)55-50-34-14-12-30-46(50)48-32-19-33-49(54(48)55)47-31-13-17-37-53(47)56-51-35-15-10-28-44(51)45-29-11-16-36-52(45)56/h1-38H. The minimum atomic E-state index is -2.77. The zero-order valence-electron chi connectivity index (χ0n) is 31.3. The highest BCUT2D eigenvalue weighted by molar-refractivity contribution is 7.19. The summed E-state index contributed by atoms with van der Waals surface area (Å²) < 4.78 is 4.97. The summed E-state index contributed by atoms with van der Waals surface area (Å²) in [7, 11) is -2.77. The molecule has 0 spiro atoms. The van der Waals surface area contributed by atoms with Crippen LogP contribution in [0.15, 0.2) is 231 Å². The fourth-order valence-electron chi connectivity index (χ4n) is 9.53. The molecule has 2 nitrogen and oxygen atoms in total. The summed E-state index contributed by atoms with van der Waals surface area (Å²) in [6.07, 6.45) is 0. The van der Waals surface area contributed by atoms with Gasteiger partial charge in [0.05, 0.1) is 27.8 Å². The van der Waals surface area contributed by atoms with E-state index in [9.17, 15) is 0 Å². The first kappa shape index (κ1) is 33.2. The Morgan fingerprint density at radius 3 is 1.26 bits per heavy atom. The van der Waals surface area contributed by atoms with Gasteiger partial charge in [0.25, 0.3) is 0 Å². The molecule has 0 saturated carbocycles. The molecule has 0 saturated heterocycles. The zero-order chi connectivity index (χ0) is 37.8. The second kappa shape index (κ2) is 13.5. The van der Waals surface area contributed by atoms with Crippen LogP contribution in [0, 0.1) is 0 Å². The second-order valence-corrected chi connectivity index (χ2v) is 18.6. The number of rotatable bonds is 7. The molecule has 0 atom stereocenters. The molecule has 57 heavy (non-hydrogen) atoms. The van der Waals surface area contributed by atoms with Crippen molar-refractivity contribution in [2.45, 2.75) is 0 Å². The summed E-state index contributed by atoms with van der Waals surface area (Å²) in [4.78, 5) is 0. The van der Waals surface area contributed by atoms with Crippen LogP contribution in [0.4, 0.5) is 0 Å². The molecule has 11 aromatic rings. The Kier molecular flexibility index (Phi) is 7.87. The quantitative estimate of drug-likeness (QED) is 0.114. The predicted octanol–water partition coefficient (Wildman–Crippen LogP) is 10.9. The molecular weight excluding hydrogens is 705 g/mol. The third-order valence-corrected chi connectivity index (χ3v) is 16.6. The van der Waals surface area contributed by atoms with Crippen molar-refractivity contribution in [1.29, 1.82) is 0 Å². The van der Waals surface area contributed by atoms with Crippen LogP contribution in [0.5, 0.6) is 0 Å². The molecule has 268 valence electrons. The van der Waals surface area contributed by atoms with E-state index >= 15 is 0 Å². The molecule has 0 unspecified atom stereocenters. The molecule has 0 aliphatic carbocycles. The van der Waals surface area contributed by atoms with E-state index in [1.165, 1.54) is 75.5 Å². The van der Waals surface area contributed by atoms with Crippen molar-refractivity contribution in [3.63, 3.8) is 0 Å². The van der Waals surface area contributed by atoms with Crippen molar-refractivity contribution in [2.75, 3.05) is 0 Å². The van der Waals surface area contributed by atoms with Crippen LogP contribution >= 0.6 is 0 Å². The maximum atomic E-state index is 2.52. The Hall–Kier alpha value is -7.20. The van der Waals surface area contributed by atoms with Gasteiger partial charge in [0.2, 0.25) is 0 Å². The van der Waals surface area contributed by atoms with E-state index in [0.29, 0.717) is 0 Å². The Bertz CT molecular complexity index is 3080. The molecule has 11 rings (SSSR count). The van der Waals surface area contributed by atoms with Crippen molar-refractivity contribution >= 4 is 72.4 Å². The number of hydrogen-bond donors (Lipinski definition) is 0. The van der Waals surface area contributed by atoms with Crippen molar-refractivity contribution in [1.82, 2.24) is 9.13 Å². The fraction of sp³-hybridized carbons (Fsp3) is 0. The minimum absolute atomic E-state index is 1.15. The molecule has 0 aliphatic rings. The molecule has 9 aromatic carbocycles. The smallest absolute Gasteiger partial charge is 0.179 e. The highest BCUT2D eigenvalue weighted by Crippen LogP contribution is 2.42. The van der Waals surface area contributed by atoms with Gasteiger partial charge in [-0.3, -0.25) is 0 Å². The summed E-state index contributed by atoms with van der Waals surface area (Å²) >= 11 is 0. The maximum absolute atomic E-state index is 2.77. The van der Waals surface area contributed by atoms with Crippen LogP contribution in [-0.4, -0.2) is 17.2 Å². The maximum Gasteiger partial charge on any atom is 0.179 e. The van der Waals surface area contributed by atoms with Gasteiger partial charge in [-0.05, 0) is 57.1 Å². The van der Waals surface area contributed by atoms with E-state index in [-0.39, 0.29) is 0 Å². The number of fused-ring (bicyclic) bond motifs is 6. The number of hydrogen-bond acceptors (Lipinski definition) is 0. The van der Waals surface area contributed by atoms with E-state index in [4.69, 9.17) is 0 Å². The highest BCUT2D eigenvalue weighted by Gasteiger charge is 2.41. The summed E-state index contributed by atoms with van der Waals surface area (Å²) in [5.74, 6) is 0. The van der Waals surface area contributed by atoms with Gasteiger partial charge in [-0.15, -0.1) is 0 Å². The summed E-state index contributed by atoms with van der Waals surface area (Å²) in [5.41, 5.74) is 9.51. The Balaban J connectivity index is 1.22. The van der Waals surface area contributed by atoms with Crippen molar-refractivity contribution < 1.29 is 0 Å². The lowest BCUT2D eigenvalue weighted by molar-refractivity contribution is 1.17. The molecule has 0 aliphatic heterocycles. The third-order valence-electron chi connectivity index (χ3n) is 11.9. The Labute approximate surface area is 333 Å². The van der Waals surface area contributed by atoms with Gasteiger partial charge in [-0.1, -0.05) is 194 Å². The van der Waals surface area contributed by atoms with Crippen molar-refractivity contribution in [3.8, 4) is 22.5 Å². The van der Waals surface area contributed by atoms with Crippen molar-refractivity contribution in [2.24, 2.45) is 0 Å². The van der Waals surface area contributed by atoms with Gasteiger partial charge in [0.15, 0.2) is 8.07 Å². The third kappa shape index (κ3) is 5.10. The topological polar surface area (TPSA) is 9.86 Å². The molecular formula is C54H38N2Si. The molecule has 2 heterocycles. The van der Waals surface area contributed by atoms with E-state index in [2.05, 4.69) is 240 Å². The van der Waals surface area contributed by atoms with Crippen LogP contribution in [0.3, 0.4) is 0 Å². The van der Waals surface area contributed by atoms with Gasteiger partial charge < -0.3 is 9.13 Å². The van der Waals surface area contributed by atoms with E-state index < -0.39 is 8.07 Å². The first-order chi connectivity index (χ1) is 28.3. The minimum Gasteiger partial charge on any atom is -0.309 e. The Morgan fingerprint density at radius 1 is 0.281 bits per heavy atom. The SMILES string of the molecule is c1ccc([Si](c2ccccc2)(c2ccccc2)c2cccc(-n3c4ccccc4c4cccc(-c5ccccc5-n5c6ccccc6c6ccccc65)c43)c2)cc1. The summed E-state index contributed by atoms with van der Waals surface area (Å²) in [6.45, 7) is 0. The highest BCUT2D eigenvalue weighted by atomic mass is 28.3. The number of nitrogens with zero attached hydrogens (tertiary/aromatic N) is 2. The van der Waals surface area contributed by atoms with E-state index in [1.54, 1.807) is 0 Å². The lowest BCUT2D eigenvalue weighted by atomic mass is 10.00. The normalized spacial score (nSPS) is 11.9. The van der Waals surface area contributed by atoms with Crippen LogP contribution in [0.1, 0.15) is 0 Å². The van der Waals surface area contributed by atoms with Gasteiger partial charge in [-0.2, -0.15) is 0 Å². The first-order valence-electron chi connectivity index (χ1n) is 19.7. The average Bonchev–Trinajstić information content (AvgIpc) is 3.81. The first-order valence-corrected chi connectivity index (χ1v) is 21.7. The fourth-order valence-corrected chi connectivity index (χ4v) is 14.3. The Morgan fingerprint density at radius 2 is 0.684 bits per heavy atom. The number of benzene rings is 9. The van der Waals surface area contributed by atoms with Crippen LogP contribution in [-0.2, 0) is 0 Å².